The van der Waals surface area contributed by atoms with Crippen LogP contribution >= 0.6 is 22.6 Å². The van der Waals surface area contributed by atoms with Gasteiger partial charge in [0.25, 0.3) is 0 Å². The van der Waals surface area contributed by atoms with Crippen LogP contribution in [0.4, 0.5) is 0 Å². The van der Waals surface area contributed by atoms with Gasteiger partial charge in [0.1, 0.15) is 0 Å². The van der Waals surface area contributed by atoms with Crippen molar-refractivity contribution in [2.45, 2.75) is 20.3 Å². The highest BCUT2D eigenvalue weighted by atomic mass is 127. The molecular formula is C11H13IO2. The largest absolute Gasteiger partial charge is 0.478 e. The lowest BCUT2D eigenvalue weighted by Crippen LogP contribution is -2.01. The average Bonchev–Trinajstić information content (AvgIpc) is 2.07. The molecule has 0 heterocycles. The fourth-order valence-corrected chi connectivity index (χ4v) is 2.02. The van der Waals surface area contributed by atoms with Crippen LogP contribution in [-0.2, 0) is 6.42 Å². The van der Waals surface area contributed by atoms with Crippen molar-refractivity contribution in [3.63, 3.8) is 0 Å². The molecule has 0 aliphatic heterocycles. The lowest BCUT2D eigenvalue weighted by atomic mass is 10.0. The van der Waals surface area contributed by atoms with Gasteiger partial charge in [-0.3, -0.25) is 0 Å². The molecule has 0 radical (unpaired) electrons. The van der Waals surface area contributed by atoms with Gasteiger partial charge in [-0.05, 0) is 52.6 Å². The first-order chi connectivity index (χ1) is 6.50. The predicted octanol–water partition coefficient (Wildman–Crippen LogP) is 3.19. The highest BCUT2D eigenvalue weighted by Gasteiger charge is 2.07. The molecule has 0 bridgehead atoms. The van der Waals surface area contributed by atoms with Crippen molar-refractivity contribution in [1.82, 2.24) is 0 Å². The summed E-state index contributed by atoms with van der Waals surface area (Å²) in [6.07, 6.45) is 0.998. The van der Waals surface area contributed by atoms with Crippen molar-refractivity contribution in [2.75, 3.05) is 0 Å². The Morgan fingerprint density at radius 2 is 2.14 bits per heavy atom. The molecule has 0 saturated carbocycles. The minimum Gasteiger partial charge on any atom is -0.478 e. The van der Waals surface area contributed by atoms with Crippen molar-refractivity contribution in [3.05, 3.63) is 32.9 Å². The second-order valence-corrected chi connectivity index (χ2v) is 4.87. The molecule has 1 rings (SSSR count). The van der Waals surface area contributed by atoms with Crippen molar-refractivity contribution in [1.29, 1.82) is 0 Å². The summed E-state index contributed by atoms with van der Waals surface area (Å²) in [4.78, 5) is 10.7. The van der Waals surface area contributed by atoms with Crippen LogP contribution in [0.25, 0.3) is 0 Å². The first-order valence-electron chi connectivity index (χ1n) is 4.52. The fraction of sp³-hybridized carbons (Fsp3) is 0.364. The second kappa shape index (κ2) is 4.77. The van der Waals surface area contributed by atoms with Crippen LogP contribution in [-0.4, -0.2) is 11.1 Å². The molecule has 76 valence electrons. The van der Waals surface area contributed by atoms with E-state index in [9.17, 15) is 4.79 Å². The molecule has 0 aliphatic carbocycles. The van der Waals surface area contributed by atoms with Crippen molar-refractivity contribution >= 4 is 28.6 Å². The van der Waals surface area contributed by atoms with Gasteiger partial charge in [0, 0.05) is 3.57 Å². The monoisotopic (exact) mass is 304 g/mol. The van der Waals surface area contributed by atoms with E-state index in [1.807, 2.05) is 6.07 Å². The summed E-state index contributed by atoms with van der Waals surface area (Å²) >= 11 is 2.19. The molecule has 0 atom stereocenters. The van der Waals surface area contributed by atoms with Gasteiger partial charge in [-0.2, -0.15) is 0 Å². The minimum absolute atomic E-state index is 0.363. The van der Waals surface area contributed by atoms with Crippen LogP contribution in [0.5, 0.6) is 0 Å². The molecule has 1 aromatic rings. The lowest BCUT2D eigenvalue weighted by Gasteiger charge is -2.07. The molecular weight excluding hydrogens is 291 g/mol. The van der Waals surface area contributed by atoms with Gasteiger partial charge >= 0.3 is 5.97 Å². The summed E-state index contributed by atoms with van der Waals surface area (Å²) in [5, 5.41) is 8.78. The number of halogens is 1. The molecule has 1 N–H and O–H groups in total. The molecule has 0 unspecified atom stereocenters. The Hall–Kier alpha value is -0.580. The number of hydrogen-bond acceptors (Lipinski definition) is 1. The molecule has 3 heteroatoms. The second-order valence-electron chi connectivity index (χ2n) is 3.71. The highest BCUT2D eigenvalue weighted by molar-refractivity contribution is 14.1. The number of carboxylic acid groups (broad SMARTS) is 1. The van der Waals surface area contributed by atoms with E-state index < -0.39 is 5.97 Å². The molecule has 14 heavy (non-hydrogen) atoms. The zero-order chi connectivity index (χ0) is 10.7. The number of rotatable bonds is 3. The summed E-state index contributed by atoms with van der Waals surface area (Å²) in [6.45, 7) is 4.31. The average molecular weight is 304 g/mol. The molecule has 0 saturated heterocycles. The van der Waals surface area contributed by atoms with Crippen LogP contribution in [0.1, 0.15) is 29.8 Å². The molecule has 2 nitrogen and oxygen atoms in total. The zero-order valence-electron chi connectivity index (χ0n) is 8.25. The summed E-state index contributed by atoms with van der Waals surface area (Å²) in [5.41, 5.74) is 1.59. The molecule has 0 fully saturated rings. The Balaban J connectivity index is 2.95. The predicted molar refractivity (Wildman–Crippen MR) is 64.7 cm³/mol. The van der Waals surface area contributed by atoms with E-state index in [1.54, 1.807) is 12.1 Å². The van der Waals surface area contributed by atoms with Gasteiger partial charge < -0.3 is 5.11 Å². The summed E-state index contributed by atoms with van der Waals surface area (Å²) in [6, 6.07) is 5.30. The van der Waals surface area contributed by atoms with Gasteiger partial charge in [0.2, 0.25) is 0 Å². The van der Waals surface area contributed by atoms with E-state index >= 15 is 0 Å². The van der Waals surface area contributed by atoms with Crippen molar-refractivity contribution in [2.24, 2.45) is 5.92 Å². The van der Waals surface area contributed by atoms with Gasteiger partial charge in [0.15, 0.2) is 0 Å². The third-order valence-corrected chi connectivity index (χ3v) is 2.93. The molecule has 0 aromatic heterocycles. The Labute approximate surface area is 97.5 Å². The van der Waals surface area contributed by atoms with Crippen LogP contribution in [0, 0.1) is 9.49 Å². The minimum atomic E-state index is -0.862. The topological polar surface area (TPSA) is 37.3 Å². The fourth-order valence-electron chi connectivity index (χ4n) is 1.29. The highest BCUT2D eigenvalue weighted by Crippen LogP contribution is 2.18. The van der Waals surface area contributed by atoms with Gasteiger partial charge in [-0.25, -0.2) is 4.79 Å². The number of carboxylic acids is 1. The van der Waals surface area contributed by atoms with E-state index in [4.69, 9.17) is 5.11 Å². The third kappa shape index (κ3) is 2.97. The van der Waals surface area contributed by atoms with Crippen molar-refractivity contribution < 1.29 is 9.90 Å². The van der Waals surface area contributed by atoms with E-state index in [-0.39, 0.29) is 0 Å². The smallest absolute Gasteiger partial charge is 0.335 e. The van der Waals surface area contributed by atoms with Crippen LogP contribution in [0.3, 0.4) is 0 Å². The third-order valence-electron chi connectivity index (χ3n) is 1.93. The van der Waals surface area contributed by atoms with Crippen LogP contribution in [0.15, 0.2) is 18.2 Å². The molecule has 0 amide bonds. The Bertz CT molecular complexity index is 345. The first-order valence-corrected chi connectivity index (χ1v) is 5.60. The number of carbonyl (C=O) groups is 1. The lowest BCUT2D eigenvalue weighted by molar-refractivity contribution is 0.0697. The van der Waals surface area contributed by atoms with Gasteiger partial charge in [-0.15, -0.1) is 0 Å². The molecule has 0 aliphatic rings. The number of benzene rings is 1. The maximum absolute atomic E-state index is 10.7. The number of aromatic carboxylic acids is 1. The quantitative estimate of drug-likeness (QED) is 0.871. The molecule has 0 spiro atoms. The normalized spacial score (nSPS) is 10.6. The first kappa shape index (κ1) is 11.5. The summed E-state index contributed by atoms with van der Waals surface area (Å²) < 4.78 is 1.04. The van der Waals surface area contributed by atoms with E-state index in [1.165, 1.54) is 5.56 Å². The van der Waals surface area contributed by atoms with Crippen LogP contribution < -0.4 is 0 Å². The van der Waals surface area contributed by atoms with Crippen LogP contribution in [0.2, 0.25) is 0 Å². The van der Waals surface area contributed by atoms with Gasteiger partial charge in [0.05, 0.1) is 5.56 Å². The SMILES string of the molecule is CC(C)Cc1ccc(C(=O)O)cc1I. The van der Waals surface area contributed by atoms with E-state index in [0.717, 1.165) is 9.99 Å². The van der Waals surface area contributed by atoms with Gasteiger partial charge in [-0.1, -0.05) is 19.9 Å². The number of hydrogen-bond donors (Lipinski definition) is 1. The molecule has 1 aromatic carbocycles. The Morgan fingerprint density at radius 3 is 2.57 bits per heavy atom. The van der Waals surface area contributed by atoms with E-state index in [0.29, 0.717) is 11.5 Å². The Kier molecular flexibility index (Phi) is 3.92. The standard InChI is InChI=1S/C11H13IO2/c1-7(2)5-8-3-4-9(11(13)14)6-10(8)12/h3-4,6-7H,5H2,1-2H3,(H,13,14). The summed E-state index contributed by atoms with van der Waals surface area (Å²) in [7, 11) is 0. The maximum atomic E-state index is 10.7. The Morgan fingerprint density at radius 1 is 1.50 bits per heavy atom. The maximum Gasteiger partial charge on any atom is 0.335 e. The summed E-state index contributed by atoms with van der Waals surface area (Å²) in [5.74, 6) is -0.266. The van der Waals surface area contributed by atoms with Crippen molar-refractivity contribution in [3.8, 4) is 0 Å². The zero-order valence-corrected chi connectivity index (χ0v) is 10.4. The van der Waals surface area contributed by atoms with E-state index in [2.05, 4.69) is 36.4 Å².